The van der Waals surface area contributed by atoms with Crippen LogP contribution in [-0.2, 0) is 6.54 Å². The fourth-order valence-electron chi connectivity index (χ4n) is 2.39. The highest BCUT2D eigenvalue weighted by Crippen LogP contribution is 2.12. The molecule has 0 aliphatic carbocycles. The van der Waals surface area contributed by atoms with Crippen LogP contribution in [0.5, 0.6) is 0 Å². The molecule has 0 amide bonds. The van der Waals surface area contributed by atoms with Crippen LogP contribution in [0.2, 0.25) is 0 Å². The van der Waals surface area contributed by atoms with Gasteiger partial charge in [-0.15, -0.1) is 0 Å². The number of hydrogen-bond donors (Lipinski definition) is 1. The first-order valence-corrected chi connectivity index (χ1v) is 7.30. The van der Waals surface area contributed by atoms with Gasteiger partial charge in [-0.25, -0.2) is 0 Å². The number of nitrogens with one attached hydrogen (secondary N) is 1. The fourth-order valence-corrected chi connectivity index (χ4v) is 2.39. The SMILES string of the molecule is Cc1cccc(NCc2ccc(=O)n(-c3ccccc3)c2)c1. The van der Waals surface area contributed by atoms with E-state index in [2.05, 4.69) is 24.4 Å². The zero-order valence-electron chi connectivity index (χ0n) is 12.5. The van der Waals surface area contributed by atoms with E-state index in [1.807, 2.05) is 54.7 Å². The molecular weight excluding hydrogens is 272 g/mol. The Hall–Kier alpha value is -2.81. The molecule has 3 nitrogen and oxygen atoms in total. The van der Waals surface area contributed by atoms with E-state index in [1.165, 1.54) is 5.56 Å². The molecule has 0 aliphatic heterocycles. The molecule has 110 valence electrons. The zero-order chi connectivity index (χ0) is 15.4. The Morgan fingerprint density at radius 1 is 0.955 bits per heavy atom. The van der Waals surface area contributed by atoms with Crippen LogP contribution in [0, 0.1) is 6.92 Å². The number of hydrogen-bond acceptors (Lipinski definition) is 2. The molecule has 22 heavy (non-hydrogen) atoms. The quantitative estimate of drug-likeness (QED) is 0.794. The second kappa shape index (κ2) is 6.31. The third-order valence-electron chi connectivity index (χ3n) is 3.52. The third kappa shape index (κ3) is 3.26. The molecule has 0 atom stereocenters. The Bertz CT molecular complexity index is 822. The largest absolute Gasteiger partial charge is 0.381 e. The maximum absolute atomic E-state index is 12.0. The van der Waals surface area contributed by atoms with Crippen molar-refractivity contribution in [3.05, 3.63) is 94.4 Å². The summed E-state index contributed by atoms with van der Waals surface area (Å²) in [5.41, 5.74) is 4.22. The molecule has 1 heterocycles. The average Bonchev–Trinajstić information content (AvgIpc) is 2.55. The minimum Gasteiger partial charge on any atom is -0.381 e. The summed E-state index contributed by atoms with van der Waals surface area (Å²) in [4.78, 5) is 12.0. The van der Waals surface area contributed by atoms with Gasteiger partial charge in [0.25, 0.3) is 5.56 Å². The maximum Gasteiger partial charge on any atom is 0.255 e. The second-order valence-electron chi connectivity index (χ2n) is 5.30. The lowest BCUT2D eigenvalue weighted by atomic mass is 10.2. The van der Waals surface area contributed by atoms with Crippen LogP contribution >= 0.6 is 0 Å². The highest BCUT2D eigenvalue weighted by atomic mass is 16.1. The van der Waals surface area contributed by atoms with E-state index < -0.39 is 0 Å². The number of anilines is 1. The van der Waals surface area contributed by atoms with Gasteiger partial charge in [-0.2, -0.15) is 0 Å². The summed E-state index contributed by atoms with van der Waals surface area (Å²) in [7, 11) is 0. The van der Waals surface area contributed by atoms with Crippen molar-refractivity contribution in [2.45, 2.75) is 13.5 Å². The zero-order valence-corrected chi connectivity index (χ0v) is 12.5. The van der Waals surface area contributed by atoms with Crippen LogP contribution in [0.15, 0.2) is 77.7 Å². The van der Waals surface area contributed by atoms with E-state index in [1.54, 1.807) is 10.6 Å². The number of para-hydroxylation sites is 1. The lowest BCUT2D eigenvalue weighted by Crippen LogP contribution is -2.17. The van der Waals surface area contributed by atoms with Crippen molar-refractivity contribution in [3.63, 3.8) is 0 Å². The van der Waals surface area contributed by atoms with Crippen LogP contribution < -0.4 is 10.9 Å². The summed E-state index contributed by atoms with van der Waals surface area (Å²) >= 11 is 0. The Kier molecular flexibility index (Phi) is 4.05. The number of pyridine rings is 1. The molecule has 0 unspecified atom stereocenters. The van der Waals surface area contributed by atoms with Gasteiger partial charge in [-0.1, -0.05) is 36.4 Å². The van der Waals surface area contributed by atoms with E-state index in [0.717, 1.165) is 16.9 Å². The molecule has 1 N–H and O–H groups in total. The molecule has 3 rings (SSSR count). The Morgan fingerprint density at radius 3 is 2.55 bits per heavy atom. The van der Waals surface area contributed by atoms with Gasteiger partial charge in [0, 0.05) is 30.2 Å². The third-order valence-corrected chi connectivity index (χ3v) is 3.52. The van der Waals surface area contributed by atoms with Crippen molar-refractivity contribution in [1.82, 2.24) is 4.57 Å². The number of aromatic nitrogens is 1. The molecule has 0 saturated heterocycles. The molecule has 0 spiro atoms. The van der Waals surface area contributed by atoms with Crippen LogP contribution in [0.1, 0.15) is 11.1 Å². The molecular formula is C19H18N2O. The van der Waals surface area contributed by atoms with Gasteiger partial charge >= 0.3 is 0 Å². The Morgan fingerprint density at radius 2 is 1.77 bits per heavy atom. The smallest absolute Gasteiger partial charge is 0.255 e. The average molecular weight is 290 g/mol. The van der Waals surface area contributed by atoms with Gasteiger partial charge in [0.1, 0.15) is 0 Å². The minimum absolute atomic E-state index is 0.0227. The molecule has 0 saturated carbocycles. The second-order valence-corrected chi connectivity index (χ2v) is 5.30. The van der Waals surface area contributed by atoms with Crippen molar-refractivity contribution in [3.8, 4) is 5.69 Å². The summed E-state index contributed by atoms with van der Waals surface area (Å²) in [6, 6.07) is 21.4. The Balaban J connectivity index is 1.82. The van der Waals surface area contributed by atoms with Crippen molar-refractivity contribution < 1.29 is 0 Å². The van der Waals surface area contributed by atoms with Crippen molar-refractivity contribution >= 4 is 5.69 Å². The standard InChI is InChI=1S/C19H18N2O/c1-15-6-5-7-17(12-15)20-13-16-10-11-19(22)21(14-16)18-8-3-2-4-9-18/h2-12,14,20H,13H2,1H3. The molecule has 0 fully saturated rings. The van der Waals surface area contributed by atoms with Crippen molar-refractivity contribution in [2.24, 2.45) is 0 Å². The highest BCUT2D eigenvalue weighted by Gasteiger charge is 2.01. The number of benzene rings is 2. The summed E-state index contributed by atoms with van der Waals surface area (Å²) in [6.45, 7) is 2.75. The van der Waals surface area contributed by atoms with Crippen LogP contribution in [0.25, 0.3) is 5.69 Å². The molecule has 0 bridgehead atoms. The summed E-state index contributed by atoms with van der Waals surface area (Å²) in [5.74, 6) is 0. The van der Waals surface area contributed by atoms with Gasteiger partial charge in [-0.05, 0) is 42.3 Å². The van der Waals surface area contributed by atoms with Crippen LogP contribution in [0.3, 0.4) is 0 Å². The van der Waals surface area contributed by atoms with Gasteiger partial charge < -0.3 is 5.32 Å². The van der Waals surface area contributed by atoms with Crippen LogP contribution in [0.4, 0.5) is 5.69 Å². The lowest BCUT2D eigenvalue weighted by molar-refractivity contribution is 0.955. The molecule has 2 aromatic carbocycles. The van der Waals surface area contributed by atoms with Gasteiger partial charge in [-0.3, -0.25) is 9.36 Å². The van der Waals surface area contributed by atoms with E-state index in [0.29, 0.717) is 6.54 Å². The maximum atomic E-state index is 12.0. The number of rotatable bonds is 4. The predicted molar refractivity (Wildman–Crippen MR) is 90.5 cm³/mol. The summed E-state index contributed by atoms with van der Waals surface area (Å²) < 4.78 is 1.67. The number of nitrogens with zero attached hydrogens (tertiary/aromatic N) is 1. The number of aryl methyl sites for hydroxylation is 1. The fraction of sp³-hybridized carbons (Fsp3) is 0.105. The van der Waals surface area contributed by atoms with Crippen LogP contribution in [-0.4, -0.2) is 4.57 Å². The van der Waals surface area contributed by atoms with E-state index in [9.17, 15) is 4.79 Å². The highest BCUT2D eigenvalue weighted by molar-refractivity contribution is 5.46. The Labute approximate surface area is 129 Å². The first-order chi connectivity index (χ1) is 10.7. The molecule has 0 aliphatic rings. The first kappa shape index (κ1) is 14.1. The van der Waals surface area contributed by atoms with Crippen molar-refractivity contribution in [2.75, 3.05) is 5.32 Å². The van der Waals surface area contributed by atoms with Gasteiger partial charge in [0.05, 0.1) is 0 Å². The normalized spacial score (nSPS) is 10.4. The lowest BCUT2D eigenvalue weighted by Gasteiger charge is -2.10. The predicted octanol–water partition coefficient (Wildman–Crippen LogP) is 3.76. The van der Waals surface area contributed by atoms with Crippen molar-refractivity contribution in [1.29, 1.82) is 0 Å². The molecule has 3 heteroatoms. The van der Waals surface area contributed by atoms with E-state index in [4.69, 9.17) is 0 Å². The van der Waals surface area contributed by atoms with E-state index in [-0.39, 0.29) is 5.56 Å². The minimum atomic E-state index is -0.0227. The topological polar surface area (TPSA) is 34.0 Å². The van der Waals surface area contributed by atoms with E-state index >= 15 is 0 Å². The monoisotopic (exact) mass is 290 g/mol. The first-order valence-electron chi connectivity index (χ1n) is 7.30. The summed E-state index contributed by atoms with van der Waals surface area (Å²) in [6.07, 6.45) is 1.89. The van der Waals surface area contributed by atoms with Gasteiger partial charge in [0.15, 0.2) is 0 Å². The summed E-state index contributed by atoms with van der Waals surface area (Å²) in [5, 5.41) is 3.38. The molecule has 0 radical (unpaired) electrons. The molecule has 1 aromatic heterocycles. The molecule has 3 aromatic rings. The van der Waals surface area contributed by atoms with Gasteiger partial charge in [0.2, 0.25) is 0 Å².